The molecule has 0 bridgehead atoms. The average Bonchev–Trinajstić information content (AvgIpc) is 2.53. The number of aromatic nitrogens is 2. The van der Waals surface area contributed by atoms with Crippen molar-refractivity contribution >= 4 is 16.6 Å². The van der Waals surface area contributed by atoms with Crippen LogP contribution < -0.4 is 11.1 Å². The number of anilines is 1. The van der Waals surface area contributed by atoms with Gasteiger partial charge in [0, 0.05) is 29.4 Å². The lowest BCUT2D eigenvalue weighted by atomic mass is 10.0. The van der Waals surface area contributed by atoms with Crippen molar-refractivity contribution in [3.8, 4) is 11.3 Å². The largest absolute Gasteiger partial charge is 0.367 e. The Labute approximate surface area is 117 Å². The zero-order valence-electron chi connectivity index (χ0n) is 11.1. The van der Waals surface area contributed by atoms with Crippen molar-refractivity contribution < 1.29 is 0 Å². The summed E-state index contributed by atoms with van der Waals surface area (Å²) in [6.07, 6.45) is 0. The molecule has 1 aromatic heterocycles. The van der Waals surface area contributed by atoms with Crippen LogP contribution in [0.25, 0.3) is 22.0 Å². The maximum absolute atomic E-state index is 5.53. The van der Waals surface area contributed by atoms with Crippen LogP contribution in [0.3, 0.4) is 0 Å². The van der Waals surface area contributed by atoms with E-state index in [9.17, 15) is 0 Å². The van der Waals surface area contributed by atoms with Crippen molar-refractivity contribution in [2.75, 3.05) is 18.4 Å². The lowest BCUT2D eigenvalue weighted by Crippen LogP contribution is -2.14. The summed E-state index contributed by atoms with van der Waals surface area (Å²) in [6.45, 7) is 1.25. The van der Waals surface area contributed by atoms with Crippen molar-refractivity contribution in [1.82, 2.24) is 10.2 Å². The van der Waals surface area contributed by atoms with Gasteiger partial charge < -0.3 is 11.1 Å². The SMILES string of the molecule is NCCNc1nnc(-c2ccccc2)c2ccccc12. The molecule has 0 radical (unpaired) electrons. The molecule has 3 aromatic rings. The second kappa shape index (κ2) is 5.67. The standard InChI is InChI=1S/C16H16N4/c17-10-11-18-16-14-9-5-4-8-13(14)15(19-20-16)12-6-2-1-3-7-12/h1-9H,10-11,17H2,(H,18,20). The molecule has 3 rings (SSSR count). The maximum Gasteiger partial charge on any atom is 0.156 e. The molecule has 0 saturated heterocycles. The molecule has 20 heavy (non-hydrogen) atoms. The highest BCUT2D eigenvalue weighted by Crippen LogP contribution is 2.29. The van der Waals surface area contributed by atoms with Gasteiger partial charge >= 0.3 is 0 Å². The minimum absolute atomic E-state index is 0.566. The van der Waals surface area contributed by atoms with Gasteiger partial charge in [0.05, 0.1) is 0 Å². The summed E-state index contributed by atoms with van der Waals surface area (Å²) in [4.78, 5) is 0. The van der Waals surface area contributed by atoms with E-state index in [1.54, 1.807) is 0 Å². The Hall–Kier alpha value is -2.46. The molecule has 3 N–H and O–H groups in total. The van der Waals surface area contributed by atoms with Crippen LogP contribution in [0.2, 0.25) is 0 Å². The zero-order chi connectivity index (χ0) is 13.8. The lowest BCUT2D eigenvalue weighted by Gasteiger charge is -2.10. The minimum atomic E-state index is 0.566. The van der Waals surface area contributed by atoms with E-state index in [1.807, 2.05) is 42.5 Å². The topological polar surface area (TPSA) is 63.8 Å². The number of hydrogen-bond donors (Lipinski definition) is 2. The molecule has 0 atom stereocenters. The highest BCUT2D eigenvalue weighted by molar-refractivity contribution is 5.99. The van der Waals surface area contributed by atoms with Crippen molar-refractivity contribution in [2.24, 2.45) is 5.73 Å². The molecule has 100 valence electrons. The van der Waals surface area contributed by atoms with Gasteiger partial charge in [-0.2, -0.15) is 0 Å². The molecule has 0 unspecified atom stereocenters. The van der Waals surface area contributed by atoms with E-state index in [0.717, 1.165) is 27.8 Å². The van der Waals surface area contributed by atoms with E-state index in [0.29, 0.717) is 13.1 Å². The molecule has 0 saturated carbocycles. The lowest BCUT2D eigenvalue weighted by molar-refractivity contribution is 0.984. The van der Waals surface area contributed by atoms with E-state index in [-0.39, 0.29) is 0 Å². The Morgan fingerprint density at radius 2 is 1.55 bits per heavy atom. The van der Waals surface area contributed by atoms with Gasteiger partial charge in [-0.05, 0) is 0 Å². The van der Waals surface area contributed by atoms with Crippen LogP contribution in [-0.4, -0.2) is 23.3 Å². The number of benzene rings is 2. The maximum atomic E-state index is 5.53. The Balaban J connectivity index is 2.16. The molecule has 2 aromatic carbocycles. The summed E-state index contributed by atoms with van der Waals surface area (Å²) >= 11 is 0. The number of nitrogens with two attached hydrogens (primary N) is 1. The van der Waals surface area contributed by atoms with Gasteiger partial charge in [0.15, 0.2) is 5.82 Å². The second-order valence-corrected chi connectivity index (χ2v) is 4.52. The highest BCUT2D eigenvalue weighted by Gasteiger charge is 2.09. The first-order valence-corrected chi connectivity index (χ1v) is 6.65. The van der Waals surface area contributed by atoms with Crippen molar-refractivity contribution in [1.29, 1.82) is 0 Å². The van der Waals surface area contributed by atoms with Crippen molar-refractivity contribution in [2.45, 2.75) is 0 Å². The molecule has 4 nitrogen and oxygen atoms in total. The van der Waals surface area contributed by atoms with Crippen LogP contribution in [0.4, 0.5) is 5.82 Å². The normalized spacial score (nSPS) is 10.7. The van der Waals surface area contributed by atoms with E-state index < -0.39 is 0 Å². The Morgan fingerprint density at radius 1 is 0.850 bits per heavy atom. The monoisotopic (exact) mass is 264 g/mol. The molecule has 4 heteroatoms. The summed E-state index contributed by atoms with van der Waals surface area (Å²) in [7, 11) is 0. The van der Waals surface area contributed by atoms with Crippen LogP contribution in [0.5, 0.6) is 0 Å². The predicted molar refractivity (Wildman–Crippen MR) is 82.5 cm³/mol. The second-order valence-electron chi connectivity index (χ2n) is 4.52. The molecule has 0 aliphatic carbocycles. The summed E-state index contributed by atoms with van der Waals surface area (Å²) in [5.74, 6) is 0.783. The first-order valence-electron chi connectivity index (χ1n) is 6.65. The fourth-order valence-electron chi connectivity index (χ4n) is 2.23. The van der Waals surface area contributed by atoms with Crippen LogP contribution in [0.15, 0.2) is 54.6 Å². The van der Waals surface area contributed by atoms with E-state index >= 15 is 0 Å². The summed E-state index contributed by atoms with van der Waals surface area (Å²) < 4.78 is 0. The minimum Gasteiger partial charge on any atom is -0.367 e. The fraction of sp³-hybridized carbons (Fsp3) is 0.125. The molecule has 1 heterocycles. The van der Waals surface area contributed by atoms with Gasteiger partial charge in [-0.3, -0.25) is 0 Å². The van der Waals surface area contributed by atoms with E-state index in [1.165, 1.54) is 0 Å². The molecule has 0 aliphatic rings. The number of hydrogen-bond acceptors (Lipinski definition) is 4. The summed E-state index contributed by atoms with van der Waals surface area (Å²) in [5.41, 5.74) is 7.50. The van der Waals surface area contributed by atoms with Crippen LogP contribution in [-0.2, 0) is 0 Å². The third kappa shape index (κ3) is 2.33. The Bertz CT molecular complexity index is 710. The third-order valence-corrected chi connectivity index (χ3v) is 3.17. The first-order chi connectivity index (χ1) is 9.90. The fourth-order valence-corrected chi connectivity index (χ4v) is 2.23. The van der Waals surface area contributed by atoms with Gasteiger partial charge in [-0.1, -0.05) is 54.6 Å². The molecular formula is C16H16N4. The molecule has 0 aliphatic heterocycles. The third-order valence-electron chi connectivity index (χ3n) is 3.17. The van der Waals surface area contributed by atoms with Gasteiger partial charge in [-0.15, -0.1) is 10.2 Å². The Morgan fingerprint density at radius 3 is 2.30 bits per heavy atom. The summed E-state index contributed by atoms with van der Waals surface area (Å²) in [5, 5.41) is 14.1. The van der Waals surface area contributed by atoms with Crippen molar-refractivity contribution in [3.63, 3.8) is 0 Å². The van der Waals surface area contributed by atoms with Gasteiger partial charge in [0.1, 0.15) is 5.69 Å². The summed E-state index contributed by atoms with van der Waals surface area (Å²) in [6, 6.07) is 18.2. The first kappa shape index (κ1) is 12.6. The van der Waals surface area contributed by atoms with Gasteiger partial charge in [-0.25, -0.2) is 0 Å². The van der Waals surface area contributed by atoms with E-state index in [4.69, 9.17) is 5.73 Å². The molecule has 0 amide bonds. The van der Waals surface area contributed by atoms with Crippen LogP contribution >= 0.6 is 0 Å². The highest BCUT2D eigenvalue weighted by atomic mass is 15.2. The van der Waals surface area contributed by atoms with Crippen LogP contribution in [0.1, 0.15) is 0 Å². The molecule has 0 spiro atoms. The van der Waals surface area contributed by atoms with Crippen LogP contribution in [0, 0.1) is 0 Å². The average molecular weight is 264 g/mol. The number of nitrogens with one attached hydrogen (secondary N) is 1. The zero-order valence-corrected chi connectivity index (χ0v) is 11.1. The number of rotatable bonds is 4. The number of fused-ring (bicyclic) bond motifs is 1. The quantitative estimate of drug-likeness (QED) is 0.760. The molecular weight excluding hydrogens is 248 g/mol. The predicted octanol–water partition coefficient (Wildman–Crippen LogP) is 2.67. The van der Waals surface area contributed by atoms with Crippen molar-refractivity contribution in [3.05, 3.63) is 54.6 Å². The van der Waals surface area contributed by atoms with E-state index in [2.05, 4.69) is 27.6 Å². The molecule has 0 fully saturated rings. The smallest absolute Gasteiger partial charge is 0.156 e. The Kier molecular flexibility index (Phi) is 3.56. The van der Waals surface area contributed by atoms with Gasteiger partial charge in [0.2, 0.25) is 0 Å². The number of nitrogens with zero attached hydrogens (tertiary/aromatic N) is 2. The van der Waals surface area contributed by atoms with Gasteiger partial charge in [0.25, 0.3) is 0 Å².